The fraction of sp³-hybridized carbons (Fsp3) is 0.276. The van der Waals surface area contributed by atoms with E-state index in [0.717, 1.165) is 48.2 Å². The molecule has 4 aromatic rings. The summed E-state index contributed by atoms with van der Waals surface area (Å²) >= 11 is 0. The van der Waals surface area contributed by atoms with Crippen LogP contribution in [0, 0.1) is 0 Å². The minimum absolute atomic E-state index is 0.0499. The van der Waals surface area contributed by atoms with E-state index in [1.54, 1.807) is 12.1 Å². The van der Waals surface area contributed by atoms with Crippen LogP contribution in [0.5, 0.6) is 11.5 Å². The second-order valence-electron chi connectivity index (χ2n) is 9.39. The Morgan fingerprint density at radius 3 is 2.17 bits per heavy atom. The van der Waals surface area contributed by atoms with Crippen LogP contribution in [0.3, 0.4) is 0 Å². The Balaban J connectivity index is 1.14. The molecule has 7 heteroatoms. The number of ether oxygens (including phenoxy) is 1. The van der Waals surface area contributed by atoms with E-state index in [0.29, 0.717) is 17.3 Å². The summed E-state index contributed by atoms with van der Waals surface area (Å²) in [5.74, 6) is 2.99. The lowest BCUT2D eigenvalue weighted by Crippen LogP contribution is -2.40. The molecule has 0 spiro atoms. The number of carbonyl (C=O) groups is 1. The molecular weight excluding hydrogens is 450 g/mol. The van der Waals surface area contributed by atoms with Gasteiger partial charge in [-0.3, -0.25) is 4.79 Å². The molecule has 0 atom stereocenters. The summed E-state index contributed by atoms with van der Waals surface area (Å²) in [6, 6.07) is 25.4. The predicted molar refractivity (Wildman–Crippen MR) is 144 cm³/mol. The maximum absolute atomic E-state index is 12.8. The molecule has 5 rings (SSSR count). The van der Waals surface area contributed by atoms with Crippen LogP contribution in [0.15, 0.2) is 78.9 Å². The van der Waals surface area contributed by atoms with Crippen molar-refractivity contribution < 1.29 is 9.53 Å². The summed E-state index contributed by atoms with van der Waals surface area (Å²) in [4.78, 5) is 24.3. The van der Waals surface area contributed by atoms with Crippen LogP contribution in [0.4, 0.5) is 11.8 Å². The molecule has 1 amide bonds. The van der Waals surface area contributed by atoms with Gasteiger partial charge in [0, 0.05) is 37.1 Å². The van der Waals surface area contributed by atoms with Gasteiger partial charge in [-0.1, -0.05) is 30.3 Å². The zero-order valence-corrected chi connectivity index (χ0v) is 20.6. The summed E-state index contributed by atoms with van der Waals surface area (Å²) in [6.07, 6.45) is 3.71. The molecule has 0 bridgehead atoms. The number of benzene rings is 3. The quantitative estimate of drug-likeness (QED) is 0.356. The van der Waals surface area contributed by atoms with Gasteiger partial charge in [-0.05, 0) is 74.2 Å². The van der Waals surface area contributed by atoms with Gasteiger partial charge in [0.15, 0.2) is 0 Å². The highest BCUT2D eigenvalue weighted by molar-refractivity contribution is 5.94. The summed E-state index contributed by atoms with van der Waals surface area (Å²) in [6.45, 7) is 0. The highest BCUT2D eigenvalue weighted by atomic mass is 16.5. The molecule has 0 unspecified atom stereocenters. The van der Waals surface area contributed by atoms with Crippen LogP contribution < -0.4 is 20.3 Å². The topological polar surface area (TPSA) is 79.4 Å². The number of aromatic nitrogens is 2. The molecule has 1 aliphatic rings. The molecule has 1 saturated carbocycles. The summed E-state index contributed by atoms with van der Waals surface area (Å²) in [7, 11) is 3.99. The lowest BCUT2D eigenvalue weighted by molar-refractivity contribution is 0.0926. The monoisotopic (exact) mass is 481 g/mol. The summed E-state index contributed by atoms with van der Waals surface area (Å²) in [5, 5.41) is 7.76. The second kappa shape index (κ2) is 10.6. The zero-order chi connectivity index (χ0) is 24.9. The first-order valence-corrected chi connectivity index (χ1v) is 12.4. The first kappa shape index (κ1) is 23.6. The van der Waals surface area contributed by atoms with Gasteiger partial charge in [-0.25, -0.2) is 4.98 Å². The SMILES string of the molecule is CN(C)c1nc(NC2CCC(NC(=O)c3ccc(Oc4ccccc4)cc3)CC2)nc2ccccc12. The van der Waals surface area contributed by atoms with Crippen molar-refractivity contribution in [2.75, 3.05) is 24.3 Å². The average molecular weight is 482 g/mol. The molecule has 0 radical (unpaired) electrons. The lowest BCUT2D eigenvalue weighted by atomic mass is 9.91. The van der Waals surface area contributed by atoms with Gasteiger partial charge in [-0.15, -0.1) is 0 Å². The maximum atomic E-state index is 12.8. The Bertz CT molecular complexity index is 1320. The Hall–Kier alpha value is -4.13. The van der Waals surface area contributed by atoms with Gasteiger partial charge in [0.2, 0.25) is 5.95 Å². The summed E-state index contributed by atoms with van der Waals surface area (Å²) in [5.41, 5.74) is 1.57. The number of fused-ring (bicyclic) bond motifs is 1. The second-order valence-corrected chi connectivity index (χ2v) is 9.39. The molecule has 1 aromatic heterocycles. The smallest absolute Gasteiger partial charge is 0.251 e. The zero-order valence-electron chi connectivity index (χ0n) is 20.6. The van der Waals surface area contributed by atoms with Crippen molar-refractivity contribution in [3.05, 3.63) is 84.4 Å². The van der Waals surface area contributed by atoms with E-state index >= 15 is 0 Å². The maximum Gasteiger partial charge on any atom is 0.251 e. The lowest BCUT2D eigenvalue weighted by Gasteiger charge is -2.30. The number of rotatable bonds is 7. The van der Waals surface area contributed by atoms with Gasteiger partial charge in [0.1, 0.15) is 17.3 Å². The van der Waals surface area contributed by atoms with Crippen LogP contribution in [0.25, 0.3) is 10.9 Å². The van der Waals surface area contributed by atoms with E-state index in [1.807, 2.05) is 85.7 Å². The molecule has 1 aliphatic carbocycles. The molecule has 7 nitrogen and oxygen atoms in total. The predicted octanol–water partition coefficient (Wildman–Crippen LogP) is 5.64. The van der Waals surface area contributed by atoms with Crippen molar-refractivity contribution >= 4 is 28.6 Å². The third-order valence-corrected chi connectivity index (χ3v) is 6.50. The van der Waals surface area contributed by atoms with Crippen molar-refractivity contribution in [3.63, 3.8) is 0 Å². The fourth-order valence-electron chi connectivity index (χ4n) is 4.60. The van der Waals surface area contributed by atoms with Crippen molar-refractivity contribution in [1.29, 1.82) is 0 Å². The van der Waals surface area contributed by atoms with Gasteiger partial charge >= 0.3 is 0 Å². The number of amides is 1. The van der Waals surface area contributed by atoms with E-state index in [4.69, 9.17) is 14.7 Å². The van der Waals surface area contributed by atoms with E-state index in [1.165, 1.54) is 0 Å². The number of carbonyl (C=O) groups excluding carboxylic acids is 1. The number of hydrogen-bond donors (Lipinski definition) is 2. The molecular formula is C29H31N5O2. The number of nitrogens with one attached hydrogen (secondary N) is 2. The van der Waals surface area contributed by atoms with Crippen molar-refractivity contribution in [3.8, 4) is 11.5 Å². The van der Waals surface area contributed by atoms with Crippen LogP contribution in [-0.4, -0.2) is 42.1 Å². The van der Waals surface area contributed by atoms with E-state index in [9.17, 15) is 4.79 Å². The van der Waals surface area contributed by atoms with Crippen molar-refractivity contribution in [2.24, 2.45) is 0 Å². The molecule has 184 valence electrons. The standard InChI is InChI=1S/C29H31N5O2/c1-34(2)27-25-10-6-7-11-26(25)32-29(33-27)31-22-16-14-21(15-17-22)30-28(35)20-12-18-24(19-13-20)36-23-8-4-3-5-9-23/h3-13,18-19,21-22H,14-17H2,1-2H3,(H,30,35)(H,31,32,33). The van der Waals surface area contributed by atoms with Crippen molar-refractivity contribution in [1.82, 2.24) is 15.3 Å². The third kappa shape index (κ3) is 5.57. The van der Waals surface area contributed by atoms with Crippen LogP contribution >= 0.6 is 0 Å². The Morgan fingerprint density at radius 2 is 1.44 bits per heavy atom. The van der Waals surface area contributed by atoms with Gasteiger partial charge in [-0.2, -0.15) is 4.98 Å². The van der Waals surface area contributed by atoms with Gasteiger partial charge in [0.25, 0.3) is 5.91 Å². The Kier molecular flexibility index (Phi) is 6.98. The van der Waals surface area contributed by atoms with Crippen molar-refractivity contribution in [2.45, 2.75) is 37.8 Å². The van der Waals surface area contributed by atoms with Crippen LogP contribution in [0.2, 0.25) is 0 Å². The number of para-hydroxylation sites is 2. The van der Waals surface area contributed by atoms with E-state index < -0.39 is 0 Å². The van der Waals surface area contributed by atoms with E-state index in [-0.39, 0.29) is 18.0 Å². The largest absolute Gasteiger partial charge is 0.457 e. The van der Waals surface area contributed by atoms with Gasteiger partial charge < -0.3 is 20.3 Å². The molecule has 1 fully saturated rings. The highest BCUT2D eigenvalue weighted by Gasteiger charge is 2.24. The van der Waals surface area contributed by atoms with E-state index in [2.05, 4.69) is 10.6 Å². The molecule has 3 aromatic carbocycles. The minimum atomic E-state index is -0.0499. The molecule has 2 N–H and O–H groups in total. The minimum Gasteiger partial charge on any atom is -0.457 e. The highest BCUT2D eigenvalue weighted by Crippen LogP contribution is 2.27. The van der Waals surface area contributed by atoms with Crippen LogP contribution in [-0.2, 0) is 0 Å². The normalized spacial score (nSPS) is 17.4. The Morgan fingerprint density at radius 1 is 0.806 bits per heavy atom. The molecule has 0 saturated heterocycles. The van der Waals surface area contributed by atoms with Crippen LogP contribution in [0.1, 0.15) is 36.0 Å². The summed E-state index contributed by atoms with van der Waals surface area (Å²) < 4.78 is 5.82. The molecule has 0 aliphatic heterocycles. The third-order valence-electron chi connectivity index (χ3n) is 6.50. The average Bonchev–Trinajstić information content (AvgIpc) is 2.90. The number of nitrogens with zero attached hydrogens (tertiary/aromatic N) is 3. The first-order valence-electron chi connectivity index (χ1n) is 12.4. The number of hydrogen-bond acceptors (Lipinski definition) is 6. The Labute approximate surface area is 211 Å². The molecule has 36 heavy (non-hydrogen) atoms. The van der Waals surface area contributed by atoms with Gasteiger partial charge in [0.05, 0.1) is 5.52 Å². The number of anilines is 2. The molecule has 1 heterocycles. The first-order chi connectivity index (χ1) is 17.5. The fourth-order valence-corrected chi connectivity index (χ4v) is 4.60.